The van der Waals surface area contributed by atoms with E-state index in [1.165, 1.54) is 7.11 Å². The van der Waals surface area contributed by atoms with Gasteiger partial charge in [-0.3, -0.25) is 4.79 Å². The maximum Gasteiger partial charge on any atom is 0.258 e. The van der Waals surface area contributed by atoms with Crippen molar-refractivity contribution in [3.63, 3.8) is 0 Å². The third kappa shape index (κ3) is 5.02. The second-order valence-electron chi connectivity index (χ2n) is 5.23. The van der Waals surface area contributed by atoms with Crippen LogP contribution in [0.5, 0.6) is 11.5 Å². The molecule has 2 rings (SSSR count). The van der Waals surface area contributed by atoms with Crippen LogP contribution >= 0.6 is 23.2 Å². The molecule has 0 radical (unpaired) electrons. The first kappa shape index (κ1) is 18.9. The van der Waals surface area contributed by atoms with Crippen LogP contribution in [0.25, 0.3) is 0 Å². The smallest absolute Gasteiger partial charge is 0.258 e. The fraction of sp³-hybridized carbons (Fsp3) is 0.222. The molecule has 0 aromatic heterocycles. The molecule has 0 fully saturated rings. The Hall–Kier alpha value is -2.42. The summed E-state index contributed by atoms with van der Waals surface area (Å²) in [4.78, 5) is 12.1. The van der Waals surface area contributed by atoms with Gasteiger partial charge in [-0.2, -0.15) is 5.26 Å². The fourth-order valence-corrected chi connectivity index (χ4v) is 2.45. The molecule has 0 heterocycles. The maximum absolute atomic E-state index is 12.1. The lowest BCUT2D eigenvalue weighted by Gasteiger charge is -2.16. The molecule has 1 N–H and O–H groups in total. The highest BCUT2D eigenvalue weighted by Crippen LogP contribution is 2.28. The second-order valence-corrected chi connectivity index (χ2v) is 6.04. The number of rotatable bonds is 6. The van der Waals surface area contributed by atoms with Crippen molar-refractivity contribution in [2.45, 2.75) is 13.0 Å². The molecule has 0 aliphatic carbocycles. The minimum Gasteiger partial charge on any atom is -0.493 e. The number of nitriles is 1. The van der Waals surface area contributed by atoms with Gasteiger partial charge in [0.05, 0.1) is 34.8 Å². The van der Waals surface area contributed by atoms with E-state index in [1.54, 1.807) is 36.4 Å². The van der Waals surface area contributed by atoms with Gasteiger partial charge in [0.2, 0.25) is 0 Å². The number of halogens is 2. The Balaban J connectivity index is 1.96. The van der Waals surface area contributed by atoms with Crippen molar-refractivity contribution < 1.29 is 14.3 Å². The van der Waals surface area contributed by atoms with E-state index in [0.717, 1.165) is 5.56 Å². The quantitative estimate of drug-likeness (QED) is 0.819. The van der Waals surface area contributed by atoms with Gasteiger partial charge >= 0.3 is 0 Å². The molecule has 1 amide bonds. The summed E-state index contributed by atoms with van der Waals surface area (Å²) in [6.07, 6.45) is 0. The predicted molar refractivity (Wildman–Crippen MR) is 96.2 cm³/mol. The zero-order valence-corrected chi connectivity index (χ0v) is 15.2. The molecule has 130 valence electrons. The molecule has 0 aliphatic heterocycles. The Morgan fingerprint density at radius 3 is 2.60 bits per heavy atom. The summed E-state index contributed by atoms with van der Waals surface area (Å²) >= 11 is 11.9. The van der Waals surface area contributed by atoms with Crippen molar-refractivity contribution in [2.75, 3.05) is 13.7 Å². The first-order valence-corrected chi connectivity index (χ1v) is 8.15. The van der Waals surface area contributed by atoms with E-state index in [9.17, 15) is 4.79 Å². The average Bonchev–Trinajstić information content (AvgIpc) is 2.61. The molecular weight excluding hydrogens is 363 g/mol. The van der Waals surface area contributed by atoms with Crippen LogP contribution in [0.4, 0.5) is 0 Å². The number of nitrogens with one attached hydrogen (secondary N) is 1. The van der Waals surface area contributed by atoms with Gasteiger partial charge < -0.3 is 14.8 Å². The van der Waals surface area contributed by atoms with E-state index in [-0.39, 0.29) is 18.6 Å². The first-order valence-electron chi connectivity index (χ1n) is 7.40. The molecule has 0 bridgehead atoms. The van der Waals surface area contributed by atoms with Crippen LogP contribution in [0.2, 0.25) is 10.0 Å². The summed E-state index contributed by atoms with van der Waals surface area (Å²) < 4.78 is 10.6. The van der Waals surface area contributed by atoms with Crippen molar-refractivity contribution in [1.82, 2.24) is 5.32 Å². The minimum absolute atomic E-state index is 0.187. The van der Waals surface area contributed by atoms with Crippen LogP contribution in [-0.4, -0.2) is 19.6 Å². The standard InChI is InChI=1S/C18H16Cl2N2O3/c1-11(13-4-5-14(19)15(20)8-13)22-18(23)10-25-16-6-3-12(9-21)7-17(16)24-2/h3-8,11H,10H2,1-2H3,(H,22,23)/t11-/m0/s1. The molecule has 25 heavy (non-hydrogen) atoms. The number of ether oxygens (including phenoxy) is 2. The third-order valence-corrected chi connectivity index (χ3v) is 4.21. The lowest BCUT2D eigenvalue weighted by Crippen LogP contribution is -2.31. The van der Waals surface area contributed by atoms with Gasteiger partial charge in [0.15, 0.2) is 18.1 Å². The Morgan fingerprint density at radius 1 is 1.20 bits per heavy atom. The van der Waals surface area contributed by atoms with Gasteiger partial charge in [0, 0.05) is 6.07 Å². The minimum atomic E-state index is -0.301. The van der Waals surface area contributed by atoms with E-state index in [1.807, 2.05) is 13.0 Å². The van der Waals surface area contributed by atoms with Crippen LogP contribution in [0.1, 0.15) is 24.1 Å². The lowest BCUT2D eigenvalue weighted by atomic mass is 10.1. The van der Waals surface area contributed by atoms with Crippen molar-refractivity contribution in [3.05, 3.63) is 57.6 Å². The average molecular weight is 379 g/mol. The van der Waals surface area contributed by atoms with E-state index < -0.39 is 0 Å². The SMILES string of the molecule is COc1cc(C#N)ccc1OCC(=O)N[C@@H](C)c1ccc(Cl)c(Cl)c1. The number of carbonyl (C=O) groups is 1. The molecular formula is C18H16Cl2N2O3. The predicted octanol–water partition coefficient (Wildman–Crippen LogP) is 4.13. The molecule has 1 atom stereocenters. The van der Waals surface area contributed by atoms with E-state index in [4.69, 9.17) is 37.9 Å². The Morgan fingerprint density at radius 2 is 1.96 bits per heavy atom. The number of hydrogen-bond acceptors (Lipinski definition) is 4. The molecule has 2 aromatic carbocycles. The highest BCUT2D eigenvalue weighted by Gasteiger charge is 2.13. The molecule has 5 nitrogen and oxygen atoms in total. The van der Waals surface area contributed by atoms with Crippen LogP contribution in [0.15, 0.2) is 36.4 Å². The molecule has 2 aromatic rings. The van der Waals surface area contributed by atoms with E-state index >= 15 is 0 Å². The third-order valence-electron chi connectivity index (χ3n) is 3.47. The summed E-state index contributed by atoms with van der Waals surface area (Å²) in [5.41, 5.74) is 1.28. The van der Waals surface area contributed by atoms with Gasteiger partial charge in [-0.05, 0) is 36.8 Å². The lowest BCUT2D eigenvalue weighted by molar-refractivity contribution is -0.123. The topological polar surface area (TPSA) is 71.3 Å². The van der Waals surface area contributed by atoms with Crippen LogP contribution in [-0.2, 0) is 4.79 Å². The summed E-state index contributed by atoms with van der Waals surface area (Å²) in [5.74, 6) is 0.480. The monoisotopic (exact) mass is 378 g/mol. The Labute approximate surface area is 156 Å². The highest BCUT2D eigenvalue weighted by atomic mass is 35.5. The van der Waals surface area contributed by atoms with Crippen molar-refractivity contribution in [1.29, 1.82) is 5.26 Å². The molecule has 0 unspecified atom stereocenters. The van der Waals surface area contributed by atoms with Gasteiger partial charge in [-0.1, -0.05) is 29.3 Å². The van der Waals surface area contributed by atoms with Crippen molar-refractivity contribution >= 4 is 29.1 Å². The van der Waals surface area contributed by atoms with Crippen molar-refractivity contribution in [2.24, 2.45) is 0 Å². The summed E-state index contributed by atoms with van der Waals surface area (Å²) in [6.45, 7) is 1.65. The second kappa shape index (κ2) is 8.61. The number of carbonyl (C=O) groups excluding carboxylic acids is 1. The zero-order valence-electron chi connectivity index (χ0n) is 13.7. The van der Waals surface area contributed by atoms with Gasteiger partial charge in [-0.25, -0.2) is 0 Å². The van der Waals surface area contributed by atoms with Crippen LogP contribution < -0.4 is 14.8 Å². The largest absolute Gasteiger partial charge is 0.493 e. The molecule has 0 aliphatic rings. The Kier molecular flexibility index (Phi) is 6.51. The summed E-state index contributed by atoms with van der Waals surface area (Å²) in [7, 11) is 1.47. The highest BCUT2D eigenvalue weighted by molar-refractivity contribution is 6.42. The van der Waals surface area contributed by atoms with E-state index in [2.05, 4.69) is 5.32 Å². The first-order chi connectivity index (χ1) is 11.9. The van der Waals surface area contributed by atoms with Gasteiger partial charge in [0.1, 0.15) is 0 Å². The number of amides is 1. The van der Waals surface area contributed by atoms with Crippen LogP contribution in [0.3, 0.4) is 0 Å². The summed E-state index contributed by atoms with van der Waals surface area (Å²) in [5, 5.41) is 12.6. The number of hydrogen-bond donors (Lipinski definition) is 1. The molecule has 0 saturated heterocycles. The molecule has 0 spiro atoms. The van der Waals surface area contributed by atoms with Crippen LogP contribution in [0, 0.1) is 11.3 Å². The number of nitrogens with zero attached hydrogens (tertiary/aromatic N) is 1. The normalized spacial score (nSPS) is 11.3. The summed E-state index contributed by atoms with van der Waals surface area (Å²) in [6, 6.07) is 11.7. The van der Waals surface area contributed by atoms with E-state index in [0.29, 0.717) is 27.1 Å². The fourth-order valence-electron chi connectivity index (χ4n) is 2.15. The maximum atomic E-state index is 12.1. The molecule has 0 saturated carbocycles. The number of methoxy groups -OCH3 is 1. The number of benzene rings is 2. The van der Waals surface area contributed by atoms with Gasteiger partial charge in [-0.15, -0.1) is 0 Å². The Bertz CT molecular complexity index is 818. The van der Waals surface area contributed by atoms with Crippen molar-refractivity contribution in [3.8, 4) is 17.6 Å². The zero-order chi connectivity index (χ0) is 18.4. The molecule has 7 heteroatoms. The van der Waals surface area contributed by atoms with Gasteiger partial charge in [0.25, 0.3) is 5.91 Å².